The Hall–Kier alpha value is -2.60. The molecule has 1 N–H and O–H groups in total. The zero-order chi connectivity index (χ0) is 18.4. The first-order valence-corrected chi connectivity index (χ1v) is 8.25. The maximum atomic E-state index is 12.1. The molecule has 2 aromatic rings. The van der Waals surface area contributed by atoms with Gasteiger partial charge in [0.1, 0.15) is 5.75 Å². The van der Waals surface area contributed by atoms with Crippen molar-refractivity contribution >= 4 is 28.9 Å². The number of nitrogens with zero attached hydrogens (tertiary/aromatic N) is 1. The van der Waals surface area contributed by atoms with E-state index in [1.807, 2.05) is 24.3 Å². The van der Waals surface area contributed by atoms with Crippen LogP contribution >= 0.6 is 11.6 Å². The predicted molar refractivity (Wildman–Crippen MR) is 97.4 cm³/mol. The van der Waals surface area contributed by atoms with E-state index in [1.165, 1.54) is 18.2 Å². The second-order valence-corrected chi connectivity index (χ2v) is 6.01. The van der Waals surface area contributed by atoms with Gasteiger partial charge in [-0.15, -0.1) is 0 Å². The number of anilines is 1. The molecule has 0 bridgehead atoms. The second-order valence-electron chi connectivity index (χ2n) is 5.61. The SMILES string of the molecule is CC[C@@H](C)c1ccccc1NC(=O)COc1ccc([N+](=O)[O-])cc1Cl. The van der Waals surface area contributed by atoms with E-state index in [0.717, 1.165) is 17.7 Å². The van der Waals surface area contributed by atoms with Crippen molar-refractivity contribution in [3.05, 3.63) is 63.2 Å². The Morgan fingerprint density at radius 1 is 1.32 bits per heavy atom. The largest absolute Gasteiger partial charge is 0.482 e. The minimum Gasteiger partial charge on any atom is -0.482 e. The monoisotopic (exact) mass is 362 g/mol. The van der Waals surface area contributed by atoms with Gasteiger partial charge in [-0.2, -0.15) is 0 Å². The fourth-order valence-corrected chi connectivity index (χ4v) is 2.54. The first-order valence-electron chi connectivity index (χ1n) is 7.87. The number of carbonyl (C=O) groups excluding carboxylic acids is 1. The third-order valence-electron chi connectivity index (χ3n) is 3.86. The fraction of sp³-hybridized carbons (Fsp3) is 0.278. The van der Waals surface area contributed by atoms with Gasteiger partial charge in [0.05, 0.1) is 9.95 Å². The fourth-order valence-electron chi connectivity index (χ4n) is 2.31. The van der Waals surface area contributed by atoms with E-state index in [4.69, 9.17) is 16.3 Å². The first-order chi connectivity index (χ1) is 11.9. The summed E-state index contributed by atoms with van der Waals surface area (Å²) in [5.74, 6) is 0.212. The van der Waals surface area contributed by atoms with Crippen LogP contribution < -0.4 is 10.1 Å². The number of halogens is 1. The number of ether oxygens (including phenoxy) is 1. The smallest absolute Gasteiger partial charge is 0.271 e. The maximum absolute atomic E-state index is 12.1. The first kappa shape index (κ1) is 18.7. The van der Waals surface area contributed by atoms with Crippen LogP contribution in [0.2, 0.25) is 5.02 Å². The molecule has 0 aliphatic rings. The van der Waals surface area contributed by atoms with Crippen molar-refractivity contribution in [1.82, 2.24) is 0 Å². The molecule has 132 valence electrons. The summed E-state index contributed by atoms with van der Waals surface area (Å²) in [6.45, 7) is 3.94. The number of non-ortho nitro benzene ring substituents is 1. The van der Waals surface area contributed by atoms with Crippen LogP contribution in [0.25, 0.3) is 0 Å². The third kappa shape index (κ3) is 4.93. The number of nitro benzene ring substituents is 1. The van der Waals surface area contributed by atoms with Crippen molar-refractivity contribution in [3.8, 4) is 5.75 Å². The van der Waals surface area contributed by atoms with Crippen LogP contribution in [0.3, 0.4) is 0 Å². The molecule has 6 nitrogen and oxygen atoms in total. The van der Waals surface area contributed by atoms with Crippen molar-refractivity contribution in [2.75, 3.05) is 11.9 Å². The molecule has 0 saturated carbocycles. The van der Waals surface area contributed by atoms with Crippen molar-refractivity contribution in [2.45, 2.75) is 26.2 Å². The summed E-state index contributed by atoms with van der Waals surface area (Å²) in [6.07, 6.45) is 0.960. The van der Waals surface area contributed by atoms with Gasteiger partial charge in [0.25, 0.3) is 11.6 Å². The molecule has 0 radical (unpaired) electrons. The maximum Gasteiger partial charge on any atom is 0.271 e. The van der Waals surface area contributed by atoms with Crippen molar-refractivity contribution < 1.29 is 14.5 Å². The second kappa shape index (κ2) is 8.48. The van der Waals surface area contributed by atoms with Gasteiger partial charge in [-0.1, -0.05) is 43.6 Å². The van der Waals surface area contributed by atoms with Crippen LogP contribution in [-0.2, 0) is 4.79 Å². The molecule has 0 aliphatic heterocycles. The van der Waals surface area contributed by atoms with Crippen LogP contribution in [0.5, 0.6) is 5.75 Å². The van der Waals surface area contributed by atoms with E-state index >= 15 is 0 Å². The number of carbonyl (C=O) groups is 1. The Kier molecular flexibility index (Phi) is 6.36. The highest BCUT2D eigenvalue weighted by Gasteiger charge is 2.14. The van der Waals surface area contributed by atoms with E-state index in [0.29, 0.717) is 5.92 Å². The van der Waals surface area contributed by atoms with Crippen LogP contribution in [-0.4, -0.2) is 17.4 Å². The lowest BCUT2D eigenvalue weighted by atomic mass is 9.97. The Bertz CT molecular complexity index is 779. The van der Waals surface area contributed by atoms with Crippen LogP contribution in [0.1, 0.15) is 31.7 Å². The number of amides is 1. The molecule has 0 aromatic heterocycles. The summed E-state index contributed by atoms with van der Waals surface area (Å²) < 4.78 is 5.37. The number of para-hydroxylation sites is 1. The van der Waals surface area contributed by atoms with E-state index in [1.54, 1.807) is 0 Å². The molecular weight excluding hydrogens is 344 g/mol. The molecular formula is C18H19ClN2O4. The van der Waals surface area contributed by atoms with Crippen LogP contribution in [0.15, 0.2) is 42.5 Å². The molecule has 0 fully saturated rings. The summed E-state index contributed by atoms with van der Waals surface area (Å²) in [6, 6.07) is 11.5. The molecule has 0 spiro atoms. The van der Waals surface area contributed by atoms with Gasteiger partial charge in [-0.25, -0.2) is 0 Å². The zero-order valence-corrected chi connectivity index (χ0v) is 14.7. The van der Waals surface area contributed by atoms with E-state index in [-0.39, 0.29) is 29.0 Å². The number of rotatable bonds is 7. The van der Waals surface area contributed by atoms with Gasteiger partial charge in [-0.3, -0.25) is 14.9 Å². The Morgan fingerprint density at radius 3 is 2.68 bits per heavy atom. The number of benzene rings is 2. The number of nitro groups is 1. The third-order valence-corrected chi connectivity index (χ3v) is 4.16. The zero-order valence-electron chi connectivity index (χ0n) is 14.0. The lowest BCUT2D eigenvalue weighted by molar-refractivity contribution is -0.384. The van der Waals surface area contributed by atoms with Gasteiger partial charge < -0.3 is 10.1 Å². The molecule has 2 rings (SSSR count). The molecule has 2 aromatic carbocycles. The standard InChI is InChI=1S/C18H19ClN2O4/c1-3-12(2)14-6-4-5-7-16(14)20-18(22)11-25-17-9-8-13(21(23)24)10-15(17)19/h4-10,12H,3,11H2,1-2H3,(H,20,22)/t12-/m1/s1. The summed E-state index contributed by atoms with van der Waals surface area (Å²) in [5, 5.41) is 13.6. The Labute approximate surface area is 150 Å². The quantitative estimate of drug-likeness (QED) is 0.567. The van der Waals surface area contributed by atoms with Crippen LogP contribution in [0, 0.1) is 10.1 Å². The average molecular weight is 363 g/mol. The molecule has 1 amide bonds. The summed E-state index contributed by atoms with van der Waals surface area (Å²) in [5.41, 5.74) is 1.68. The topological polar surface area (TPSA) is 81.5 Å². The predicted octanol–water partition coefficient (Wildman–Crippen LogP) is 4.78. The van der Waals surface area contributed by atoms with Crippen LogP contribution in [0.4, 0.5) is 11.4 Å². The lowest BCUT2D eigenvalue weighted by Crippen LogP contribution is -2.21. The number of hydrogen-bond acceptors (Lipinski definition) is 4. The van der Waals surface area contributed by atoms with E-state index < -0.39 is 4.92 Å². The summed E-state index contributed by atoms with van der Waals surface area (Å²) in [7, 11) is 0. The van der Waals surface area contributed by atoms with Gasteiger partial charge in [0.2, 0.25) is 0 Å². The van der Waals surface area contributed by atoms with Crippen molar-refractivity contribution in [1.29, 1.82) is 0 Å². The Morgan fingerprint density at radius 2 is 2.04 bits per heavy atom. The minimum atomic E-state index is -0.547. The summed E-state index contributed by atoms with van der Waals surface area (Å²) in [4.78, 5) is 22.3. The number of nitrogens with one attached hydrogen (secondary N) is 1. The van der Waals surface area contributed by atoms with Gasteiger partial charge >= 0.3 is 0 Å². The summed E-state index contributed by atoms with van der Waals surface area (Å²) >= 11 is 5.94. The van der Waals surface area contributed by atoms with Gasteiger partial charge in [-0.05, 0) is 30.0 Å². The number of hydrogen-bond donors (Lipinski definition) is 1. The highest BCUT2D eigenvalue weighted by Crippen LogP contribution is 2.29. The molecule has 0 aliphatic carbocycles. The molecule has 7 heteroatoms. The molecule has 0 unspecified atom stereocenters. The normalized spacial score (nSPS) is 11.6. The van der Waals surface area contributed by atoms with E-state index in [2.05, 4.69) is 19.2 Å². The van der Waals surface area contributed by atoms with E-state index in [9.17, 15) is 14.9 Å². The van der Waals surface area contributed by atoms with Gasteiger partial charge in [0, 0.05) is 17.8 Å². The highest BCUT2D eigenvalue weighted by atomic mass is 35.5. The average Bonchev–Trinajstić information content (AvgIpc) is 2.60. The van der Waals surface area contributed by atoms with Gasteiger partial charge in [0.15, 0.2) is 6.61 Å². The molecule has 25 heavy (non-hydrogen) atoms. The van der Waals surface area contributed by atoms with Crippen molar-refractivity contribution in [2.24, 2.45) is 0 Å². The molecule has 0 saturated heterocycles. The minimum absolute atomic E-state index is 0.0852. The highest BCUT2D eigenvalue weighted by molar-refractivity contribution is 6.32. The Balaban J connectivity index is 2.01. The van der Waals surface area contributed by atoms with Crippen molar-refractivity contribution in [3.63, 3.8) is 0 Å². The molecule has 0 heterocycles. The lowest BCUT2D eigenvalue weighted by Gasteiger charge is -2.16. The molecule has 1 atom stereocenters.